The summed E-state index contributed by atoms with van der Waals surface area (Å²) in [4.78, 5) is 13.0. The molecule has 1 saturated heterocycles. The van der Waals surface area contributed by atoms with Crippen molar-refractivity contribution in [2.24, 2.45) is 0 Å². The lowest BCUT2D eigenvalue weighted by Crippen LogP contribution is -2.47. The van der Waals surface area contributed by atoms with E-state index in [1.54, 1.807) is 6.92 Å². The smallest absolute Gasteiger partial charge is 0.287 e. The third kappa shape index (κ3) is 3.94. The lowest BCUT2D eigenvalue weighted by Gasteiger charge is -2.23. The molecule has 3 aromatic rings. The number of rotatable bonds is 5. The second-order valence-corrected chi connectivity index (χ2v) is 11.7. The van der Waals surface area contributed by atoms with E-state index in [9.17, 15) is 13.2 Å². The maximum absolute atomic E-state index is 13.0. The third-order valence-corrected chi connectivity index (χ3v) is 8.57. The van der Waals surface area contributed by atoms with Gasteiger partial charge in [0.15, 0.2) is 19.9 Å². The van der Waals surface area contributed by atoms with E-state index in [1.807, 2.05) is 31.2 Å². The molecule has 1 fully saturated rings. The van der Waals surface area contributed by atoms with Gasteiger partial charge in [-0.3, -0.25) is 4.79 Å². The number of para-hydroxylation sites is 1. The van der Waals surface area contributed by atoms with Gasteiger partial charge in [-0.1, -0.05) is 41.3 Å². The van der Waals surface area contributed by atoms with Gasteiger partial charge in [-0.15, -0.1) is 10.2 Å². The molecule has 0 radical (unpaired) electrons. The van der Waals surface area contributed by atoms with Crippen LogP contribution in [0.15, 0.2) is 33.0 Å². The minimum Gasteiger partial charge on any atom is -0.451 e. The number of aryl methyl sites for hydroxylation is 1. The van der Waals surface area contributed by atoms with Gasteiger partial charge in [0.2, 0.25) is 0 Å². The average Bonchev–Trinajstić information content (AvgIpc) is 3.28. The molecule has 0 bridgehead atoms. The number of fused-ring (bicyclic) bond motifs is 1. The summed E-state index contributed by atoms with van der Waals surface area (Å²) in [5.74, 6) is 0.368. The minimum absolute atomic E-state index is 0.0554. The predicted octanol–water partition coefficient (Wildman–Crippen LogP) is 3.19. The number of benzene rings is 1. The van der Waals surface area contributed by atoms with Gasteiger partial charge in [0.05, 0.1) is 17.0 Å². The van der Waals surface area contributed by atoms with E-state index in [0.717, 1.165) is 20.3 Å². The zero-order chi connectivity index (χ0) is 19.9. The molecule has 0 spiro atoms. The first-order chi connectivity index (χ1) is 13.2. The summed E-state index contributed by atoms with van der Waals surface area (Å²) < 4.78 is 30.4. The number of amides is 1. The standard InChI is InChI=1S/C18H19N3O4S3/c1-11-20-21-17(27-11)26-9-13-12-5-3-4-6-14(12)25-15(13)16(22)19-18(2)7-8-28(23,24)10-18/h3-6H,7-10H2,1-2H3,(H,19,22). The van der Waals surface area contributed by atoms with Gasteiger partial charge >= 0.3 is 0 Å². The molecule has 1 N–H and O–H groups in total. The molecule has 148 valence electrons. The first-order valence-electron chi connectivity index (χ1n) is 8.71. The van der Waals surface area contributed by atoms with Gasteiger partial charge in [-0.05, 0) is 26.3 Å². The van der Waals surface area contributed by atoms with Crippen LogP contribution in [-0.4, -0.2) is 41.6 Å². The largest absolute Gasteiger partial charge is 0.451 e. The highest BCUT2D eigenvalue weighted by molar-refractivity contribution is 8.00. The summed E-state index contributed by atoms with van der Waals surface area (Å²) in [6.07, 6.45) is 0.398. The molecule has 7 nitrogen and oxygen atoms in total. The van der Waals surface area contributed by atoms with E-state index >= 15 is 0 Å². The molecule has 0 saturated carbocycles. The molecule has 1 amide bonds. The minimum atomic E-state index is -3.12. The molecule has 3 heterocycles. The number of hydrogen-bond acceptors (Lipinski definition) is 8. The number of nitrogens with zero attached hydrogens (tertiary/aromatic N) is 2. The van der Waals surface area contributed by atoms with Gasteiger partial charge in [0.25, 0.3) is 5.91 Å². The average molecular weight is 438 g/mol. The van der Waals surface area contributed by atoms with Gasteiger partial charge in [-0.25, -0.2) is 8.42 Å². The summed E-state index contributed by atoms with van der Waals surface area (Å²) in [6.45, 7) is 3.65. The molecular formula is C18H19N3O4S3. The number of nitrogens with one attached hydrogen (secondary N) is 1. The maximum atomic E-state index is 13.0. The van der Waals surface area contributed by atoms with Gasteiger partial charge in [-0.2, -0.15) is 0 Å². The summed E-state index contributed by atoms with van der Waals surface area (Å²) in [5.41, 5.74) is 0.617. The molecule has 1 unspecified atom stereocenters. The van der Waals surface area contributed by atoms with Crippen molar-refractivity contribution in [3.63, 3.8) is 0 Å². The maximum Gasteiger partial charge on any atom is 0.287 e. The molecule has 1 aliphatic heterocycles. The van der Waals surface area contributed by atoms with Gasteiger partial charge < -0.3 is 9.73 Å². The lowest BCUT2D eigenvalue weighted by atomic mass is 10.0. The fourth-order valence-corrected chi connectivity index (χ4v) is 7.27. The van der Waals surface area contributed by atoms with Gasteiger partial charge in [0.1, 0.15) is 10.6 Å². The van der Waals surface area contributed by atoms with Crippen LogP contribution < -0.4 is 5.32 Å². The molecule has 0 aliphatic carbocycles. The highest BCUT2D eigenvalue weighted by atomic mass is 32.2. The van der Waals surface area contributed by atoms with Crippen LogP contribution in [0.3, 0.4) is 0 Å². The number of thioether (sulfide) groups is 1. The highest BCUT2D eigenvalue weighted by Gasteiger charge is 2.40. The van der Waals surface area contributed by atoms with Crippen LogP contribution in [0, 0.1) is 6.92 Å². The SMILES string of the molecule is Cc1nnc(SCc2c(C(=O)NC3(C)CCS(=O)(=O)C3)oc3ccccc23)s1. The molecule has 28 heavy (non-hydrogen) atoms. The van der Waals surface area contributed by atoms with E-state index in [4.69, 9.17) is 4.42 Å². The second kappa shape index (κ2) is 7.16. The van der Waals surface area contributed by atoms with Crippen molar-refractivity contribution in [3.05, 3.63) is 40.6 Å². The van der Waals surface area contributed by atoms with Crippen molar-refractivity contribution in [1.82, 2.24) is 15.5 Å². The van der Waals surface area contributed by atoms with E-state index in [2.05, 4.69) is 15.5 Å². The Balaban J connectivity index is 1.63. The van der Waals surface area contributed by atoms with Crippen molar-refractivity contribution in [3.8, 4) is 0 Å². The molecule has 1 atom stereocenters. The molecule has 1 aromatic carbocycles. The fourth-order valence-electron chi connectivity index (χ4n) is 3.34. The summed E-state index contributed by atoms with van der Waals surface area (Å²) in [7, 11) is -3.12. The van der Waals surface area contributed by atoms with Crippen LogP contribution in [0.25, 0.3) is 11.0 Å². The monoisotopic (exact) mass is 437 g/mol. The molecule has 1 aliphatic rings. The van der Waals surface area contributed by atoms with E-state index < -0.39 is 15.4 Å². The first kappa shape index (κ1) is 19.4. The van der Waals surface area contributed by atoms with Crippen molar-refractivity contribution < 1.29 is 17.6 Å². The Morgan fingerprint density at radius 1 is 1.36 bits per heavy atom. The normalized spacial score (nSPS) is 21.2. The van der Waals surface area contributed by atoms with Crippen LogP contribution in [0.1, 0.15) is 34.5 Å². The Morgan fingerprint density at radius 2 is 2.14 bits per heavy atom. The molecular weight excluding hydrogens is 418 g/mol. The summed E-state index contributed by atoms with van der Waals surface area (Å²) in [6, 6.07) is 7.48. The Hall–Kier alpha value is -1.91. The van der Waals surface area contributed by atoms with Crippen LogP contribution in [0.2, 0.25) is 0 Å². The van der Waals surface area contributed by atoms with Crippen molar-refractivity contribution in [2.75, 3.05) is 11.5 Å². The lowest BCUT2D eigenvalue weighted by molar-refractivity contribution is 0.0888. The van der Waals surface area contributed by atoms with Crippen LogP contribution >= 0.6 is 23.1 Å². The van der Waals surface area contributed by atoms with Gasteiger partial charge in [0, 0.05) is 16.7 Å². The molecule has 2 aromatic heterocycles. The van der Waals surface area contributed by atoms with Crippen molar-refractivity contribution in [1.29, 1.82) is 0 Å². The second-order valence-electron chi connectivity index (χ2n) is 7.14. The predicted molar refractivity (Wildman–Crippen MR) is 110 cm³/mol. The zero-order valence-electron chi connectivity index (χ0n) is 15.4. The Labute approximate surface area is 170 Å². The van der Waals surface area contributed by atoms with Crippen molar-refractivity contribution in [2.45, 2.75) is 35.9 Å². The Bertz CT molecular complexity index is 1150. The van der Waals surface area contributed by atoms with Crippen molar-refractivity contribution >= 4 is 49.8 Å². The summed E-state index contributed by atoms with van der Waals surface area (Å²) in [5, 5.41) is 12.8. The van der Waals surface area contributed by atoms with E-state index in [-0.39, 0.29) is 23.2 Å². The third-order valence-electron chi connectivity index (χ3n) is 4.67. The quantitative estimate of drug-likeness (QED) is 0.612. The highest BCUT2D eigenvalue weighted by Crippen LogP contribution is 2.33. The fraction of sp³-hybridized carbons (Fsp3) is 0.389. The zero-order valence-corrected chi connectivity index (χ0v) is 17.8. The number of hydrogen-bond donors (Lipinski definition) is 1. The number of sulfone groups is 1. The number of carbonyl (C=O) groups excluding carboxylic acids is 1. The van der Waals surface area contributed by atoms with E-state index in [0.29, 0.717) is 17.8 Å². The Morgan fingerprint density at radius 3 is 2.82 bits per heavy atom. The Kier molecular flexibility index (Phi) is 4.96. The topological polar surface area (TPSA) is 102 Å². The van der Waals surface area contributed by atoms with Crippen LogP contribution in [0.5, 0.6) is 0 Å². The van der Waals surface area contributed by atoms with Crippen LogP contribution in [-0.2, 0) is 15.6 Å². The van der Waals surface area contributed by atoms with Crippen LogP contribution in [0.4, 0.5) is 0 Å². The molecule has 10 heteroatoms. The molecule has 4 rings (SSSR count). The summed E-state index contributed by atoms with van der Waals surface area (Å²) >= 11 is 2.99. The number of aromatic nitrogens is 2. The number of carbonyl (C=O) groups is 1. The number of furan rings is 1. The first-order valence-corrected chi connectivity index (χ1v) is 12.3. The van der Waals surface area contributed by atoms with E-state index in [1.165, 1.54) is 23.1 Å².